The monoisotopic (exact) mass is 295 g/mol. The minimum Gasteiger partial charge on any atom is -0.497 e. The summed E-state index contributed by atoms with van der Waals surface area (Å²) in [5.74, 6) is -1.58. The van der Waals surface area contributed by atoms with Gasteiger partial charge in [-0.1, -0.05) is 0 Å². The normalized spacial score (nSPS) is 10.3. The molecule has 0 radical (unpaired) electrons. The van der Waals surface area contributed by atoms with Crippen LogP contribution < -0.4 is 4.74 Å². The minimum atomic E-state index is -1.01. The average Bonchev–Trinajstić information content (AvgIpc) is 2.44. The van der Waals surface area contributed by atoms with Gasteiger partial charge in [-0.2, -0.15) is 0 Å². The van der Waals surface area contributed by atoms with E-state index in [1.165, 1.54) is 0 Å². The second kappa shape index (κ2) is 8.24. The lowest BCUT2D eigenvalue weighted by atomic mass is 10.0. The summed E-state index contributed by atoms with van der Waals surface area (Å²) in [5, 5.41) is 0. The van der Waals surface area contributed by atoms with Crippen molar-refractivity contribution in [1.82, 2.24) is 4.98 Å². The Balaban J connectivity index is 2.97. The van der Waals surface area contributed by atoms with Crippen molar-refractivity contribution in [2.45, 2.75) is 27.2 Å². The van der Waals surface area contributed by atoms with Crippen LogP contribution in [0, 0.1) is 12.8 Å². The van der Waals surface area contributed by atoms with Crippen LogP contribution in [0.2, 0.25) is 0 Å². The fourth-order valence-corrected chi connectivity index (χ4v) is 1.88. The van der Waals surface area contributed by atoms with Crippen LogP contribution in [0.5, 0.6) is 5.75 Å². The summed E-state index contributed by atoms with van der Waals surface area (Å²) in [5.41, 5.74) is 1.33. The number of carbonyl (C=O) groups is 2. The molecule has 0 spiro atoms. The number of ether oxygens (including phenoxy) is 3. The topological polar surface area (TPSA) is 74.7 Å². The average molecular weight is 295 g/mol. The van der Waals surface area contributed by atoms with Crippen molar-refractivity contribution >= 4 is 11.9 Å². The van der Waals surface area contributed by atoms with Crippen LogP contribution >= 0.6 is 0 Å². The molecule has 6 nitrogen and oxygen atoms in total. The van der Waals surface area contributed by atoms with Crippen LogP contribution in [-0.4, -0.2) is 37.2 Å². The standard InChI is InChI=1S/C15H21NO5/c1-5-20-14(17)13(15(18)21-6-2)9-11-8-12(19-4)7-10(3)16-11/h7-8,13H,5-6,9H2,1-4H3. The maximum Gasteiger partial charge on any atom is 0.320 e. The van der Waals surface area contributed by atoms with Gasteiger partial charge < -0.3 is 14.2 Å². The molecule has 1 heterocycles. The molecule has 0 bridgehead atoms. The largest absolute Gasteiger partial charge is 0.497 e. The van der Waals surface area contributed by atoms with Gasteiger partial charge in [-0.3, -0.25) is 14.6 Å². The van der Waals surface area contributed by atoms with Gasteiger partial charge in [-0.25, -0.2) is 0 Å². The van der Waals surface area contributed by atoms with Gasteiger partial charge in [0.25, 0.3) is 0 Å². The summed E-state index contributed by atoms with van der Waals surface area (Å²) in [7, 11) is 1.55. The zero-order valence-electron chi connectivity index (χ0n) is 12.8. The predicted molar refractivity (Wildman–Crippen MR) is 76.0 cm³/mol. The molecule has 0 N–H and O–H groups in total. The van der Waals surface area contributed by atoms with Crippen LogP contribution in [0.4, 0.5) is 0 Å². The maximum absolute atomic E-state index is 11.9. The summed E-state index contributed by atoms with van der Waals surface area (Å²) in [6.45, 7) is 5.61. The molecule has 21 heavy (non-hydrogen) atoms. The number of esters is 2. The van der Waals surface area contributed by atoms with E-state index < -0.39 is 17.9 Å². The zero-order chi connectivity index (χ0) is 15.8. The fourth-order valence-electron chi connectivity index (χ4n) is 1.88. The maximum atomic E-state index is 11.9. The Bertz CT molecular complexity index is 483. The van der Waals surface area contributed by atoms with Crippen LogP contribution in [0.25, 0.3) is 0 Å². The molecule has 0 amide bonds. The summed E-state index contributed by atoms with van der Waals surface area (Å²) < 4.78 is 15.0. The van der Waals surface area contributed by atoms with Gasteiger partial charge >= 0.3 is 11.9 Å². The van der Waals surface area contributed by atoms with Gasteiger partial charge in [0.15, 0.2) is 5.92 Å². The van der Waals surface area contributed by atoms with Gasteiger partial charge in [-0.05, 0) is 20.8 Å². The molecule has 0 aliphatic rings. The molecule has 6 heteroatoms. The van der Waals surface area contributed by atoms with Crippen molar-refractivity contribution in [3.63, 3.8) is 0 Å². The Morgan fingerprint density at radius 2 is 1.71 bits per heavy atom. The first-order chi connectivity index (χ1) is 10.0. The molecule has 0 aliphatic heterocycles. The van der Waals surface area contributed by atoms with E-state index in [9.17, 15) is 9.59 Å². The molecular formula is C15H21NO5. The number of hydrogen-bond donors (Lipinski definition) is 0. The van der Waals surface area contributed by atoms with E-state index in [1.54, 1.807) is 33.1 Å². The van der Waals surface area contributed by atoms with Gasteiger partial charge in [-0.15, -0.1) is 0 Å². The zero-order valence-corrected chi connectivity index (χ0v) is 12.8. The third kappa shape index (κ3) is 5.06. The third-order valence-electron chi connectivity index (χ3n) is 2.77. The Labute approximate surface area is 124 Å². The number of methoxy groups -OCH3 is 1. The lowest BCUT2D eigenvalue weighted by Crippen LogP contribution is -2.30. The molecular weight excluding hydrogens is 274 g/mol. The first kappa shape index (κ1) is 16.9. The lowest BCUT2D eigenvalue weighted by molar-refractivity contribution is -0.161. The van der Waals surface area contributed by atoms with Gasteiger partial charge in [0.2, 0.25) is 0 Å². The Hall–Kier alpha value is -2.11. The number of hydrogen-bond acceptors (Lipinski definition) is 6. The molecule has 1 rings (SSSR count). The first-order valence-electron chi connectivity index (χ1n) is 6.86. The molecule has 0 atom stereocenters. The summed E-state index contributed by atoms with van der Waals surface area (Å²) >= 11 is 0. The Kier molecular flexibility index (Phi) is 6.65. The molecule has 1 aromatic heterocycles. The number of nitrogens with zero attached hydrogens (tertiary/aromatic N) is 1. The van der Waals surface area contributed by atoms with Crippen molar-refractivity contribution < 1.29 is 23.8 Å². The van der Waals surface area contributed by atoms with Crippen LogP contribution in [0.3, 0.4) is 0 Å². The smallest absolute Gasteiger partial charge is 0.320 e. The highest BCUT2D eigenvalue weighted by Gasteiger charge is 2.30. The highest BCUT2D eigenvalue weighted by Crippen LogP contribution is 2.18. The van der Waals surface area contributed by atoms with Gasteiger partial charge in [0.1, 0.15) is 5.75 Å². The number of aryl methyl sites for hydroxylation is 1. The minimum absolute atomic E-state index is 0.121. The highest BCUT2D eigenvalue weighted by atomic mass is 16.6. The molecule has 0 saturated heterocycles. The fraction of sp³-hybridized carbons (Fsp3) is 0.533. The Morgan fingerprint density at radius 3 is 2.19 bits per heavy atom. The van der Waals surface area contributed by atoms with Crippen LogP contribution in [-0.2, 0) is 25.5 Å². The third-order valence-corrected chi connectivity index (χ3v) is 2.77. The van der Waals surface area contributed by atoms with Gasteiger partial charge in [0.05, 0.1) is 20.3 Å². The summed E-state index contributed by atoms with van der Waals surface area (Å²) in [6, 6.07) is 3.46. The predicted octanol–water partition coefficient (Wildman–Crippen LogP) is 1.68. The molecule has 0 fully saturated rings. The molecule has 0 aliphatic carbocycles. The van der Waals surface area contributed by atoms with E-state index in [-0.39, 0.29) is 19.6 Å². The number of pyridine rings is 1. The second-order valence-corrected chi connectivity index (χ2v) is 4.40. The number of carbonyl (C=O) groups excluding carboxylic acids is 2. The molecule has 116 valence electrons. The van der Waals surface area contributed by atoms with Crippen molar-refractivity contribution in [1.29, 1.82) is 0 Å². The van der Waals surface area contributed by atoms with Crippen LogP contribution in [0.15, 0.2) is 12.1 Å². The van der Waals surface area contributed by atoms with E-state index in [2.05, 4.69) is 4.98 Å². The van der Waals surface area contributed by atoms with E-state index in [4.69, 9.17) is 14.2 Å². The summed E-state index contributed by atoms with van der Waals surface area (Å²) in [6.07, 6.45) is 0.121. The Morgan fingerprint density at radius 1 is 1.14 bits per heavy atom. The SMILES string of the molecule is CCOC(=O)C(Cc1cc(OC)cc(C)n1)C(=O)OCC. The van der Waals surface area contributed by atoms with E-state index in [1.807, 2.05) is 6.92 Å². The lowest BCUT2D eigenvalue weighted by Gasteiger charge is -2.14. The highest BCUT2D eigenvalue weighted by molar-refractivity contribution is 5.95. The number of rotatable bonds is 7. The van der Waals surface area contributed by atoms with Crippen molar-refractivity contribution in [3.05, 3.63) is 23.5 Å². The van der Waals surface area contributed by atoms with Crippen molar-refractivity contribution in [3.8, 4) is 5.75 Å². The van der Waals surface area contributed by atoms with Crippen LogP contribution in [0.1, 0.15) is 25.2 Å². The summed E-state index contributed by atoms with van der Waals surface area (Å²) in [4.78, 5) is 28.2. The second-order valence-electron chi connectivity index (χ2n) is 4.40. The van der Waals surface area contributed by atoms with Gasteiger partial charge in [0, 0.05) is 29.9 Å². The van der Waals surface area contributed by atoms with Crippen molar-refractivity contribution in [2.75, 3.05) is 20.3 Å². The molecule has 0 saturated carbocycles. The van der Waals surface area contributed by atoms with E-state index >= 15 is 0 Å². The molecule has 0 aromatic carbocycles. The molecule has 0 unspecified atom stereocenters. The van der Waals surface area contributed by atoms with E-state index in [0.29, 0.717) is 11.4 Å². The quantitative estimate of drug-likeness (QED) is 0.563. The van der Waals surface area contributed by atoms with E-state index in [0.717, 1.165) is 5.69 Å². The first-order valence-corrected chi connectivity index (χ1v) is 6.86. The van der Waals surface area contributed by atoms with Crippen molar-refractivity contribution in [2.24, 2.45) is 5.92 Å². The molecule has 1 aromatic rings. The number of aromatic nitrogens is 1.